The van der Waals surface area contributed by atoms with Crippen LogP contribution in [0.1, 0.15) is 41.0 Å². The third-order valence-corrected chi connectivity index (χ3v) is 5.81. The van der Waals surface area contributed by atoms with E-state index in [2.05, 4.69) is 65.7 Å². The summed E-state index contributed by atoms with van der Waals surface area (Å²) >= 11 is 0. The van der Waals surface area contributed by atoms with Crippen molar-refractivity contribution < 1.29 is 0 Å². The first-order chi connectivity index (χ1) is 12.1. The van der Waals surface area contributed by atoms with Crippen molar-refractivity contribution in [2.45, 2.75) is 46.2 Å². The summed E-state index contributed by atoms with van der Waals surface area (Å²) < 4.78 is 2.59. The predicted molar refractivity (Wildman–Crippen MR) is 104 cm³/mol. The van der Waals surface area contributed by atoms with Crippen LogP contribution in [0.25, 0.3) is 10.9 Å². The van der Waals surface area contributed by atoms with Gasteiger partial charge in [-0.25, -0.2) is 0 Å². The van der Waals surface area contributed by atoms with Crippen molar-refractivity contribution in [1.29, 1.82) is 0 Å². The number of hydrogen-bond donors (Lipinski definition) is 0. The van der Waals surface area contributed by atoms with Crippen molar-refractivity contribution >= 4 is 10.9 Å². The highest BCUT2D eigenvalue weighted by Gasteiger charge is 2.28. The molecule has 0 saturated heterocycles. The molecule has 0 saturated carbocycles. The normalized spacial score (nSPS) is 17.8. The molecule has 3 heteroatoms. The minimum Gasteiger partial charge on any atom is -0.344 e. The lowest BCUT2D eigenvalue weighted by atomic mass is 9.97. The molecular weight excluding hydrogens is 306 g/mol. The molecule has 3 heterocycles. The zero-order chi connectivity index (χ0) is 17.6. The van der Waals surface area contributed by atoms with Gasteiger partial charge >= 0.3 is 0 Å². The van der Waals surface area contributed by atoms with Crippen LogP contribution in [0.3, 0.4) is 0 Å². The number of benzene rings is 1. The molecule has 0 aliphatic carbocycles. The van der Waals surface area contributed by atoms with Gasteiger partial charge in [0.1, 0.15) is 0 Å². The first-order valence-electron chi connectivity index (χ1n) is 9.28. The standard InChI is InChI=1S/C22H27N3/c1-15-6-5-7-19-21-17(3)24(4)12-11-20(21)25(22(15)19)13-10-18-9-8-16(2)23-14-18/h5-9,14,17H,10-13H2,1-4H3. The minimum atomic E-state index is 0.482. The van der Waals surface area contributed by atoms with Crippen LogP contribution in [0.5, 0.6) is 0 Å². The SMILES string of the molecule is Cc1ccc(CCn2c3c(c4cccc(C)c42)C(C)N(C)CC3)cn1. The summed E-state index contributed by atoms with van der Waals surface area (Å²) in [5.74, 6) is 0. The molecule has 1 aliphatic heterocycles. The van der Waals surface area contributed by atoms with E-state index in [4.69, 9.17) is 0 Å². The molecule has 1 aromatic carbocycles. The second-order valence-electron chi connectivity index (χ2n) is 7.45. The van der Waals surface area contributed by atoms with Crippen LogP contribution in [0.2, 0.25) is 0 Å². The molecule has 0 radical (unpaired) electrons. The molecule has 1 unspecified atom stereocenters. The summed E-state index contributed by atoms with van der Waals surface area (Å²) in [5, 5.41) is 1.44. The highest BCUT2D eigenvalue weighted by atomic mass is 15.1. The van der Waals surface area contributed by atoms with Gasteiger partial charge < -0.3 is 4.57 Å². The van der Waals surface area contributed by atoms with Crippen molar-refractivity contribution in [3.63, 3.8) is 0 Å². The van der Waals surface area contributed by atoms with Crippen molar-refractivity contribution in [2.75, 3.05) is 13.6 Å². The molecule has 3 aromatic rings. The van der Waals surface area contributed by atoms with Gasteiger partial charge in [-0.2, -0.15) is 0 Å². The maximum absolute atomic E-state index is 4.45. The Hall–Kier alpha value is -2.13. The number of pyridine rings is 1. The van der Waals surface area contributed by atoms with E-state index in [1.165, 1.54) is 33.3 Å². The van der Waals surface area contributed by atoms with E-state index in [-0.39, 0.29) is 0 Å². The highest BCUT2D eigenvalue weighted by Crippen LogP contribution is 2.38. The lowest BCUT2D eigenvalue weighted by molar-refractivity contribution is 0.245. The molecule has 0 amide bonds. The van der Waals surface area contributed by atoms with Crippen LogP contribution >= 0.6 is 0 Å². The summed E-state index contributed by atoms with van der Waals surface area (Å²) in [6.07, 6.45) is 4.19. The molecule has 4 rings (SSSR count). The number of para-hydroxylation sites is 1. The number of likely N-dealkylation sites (N-methyl/N-ethyl adjacent to an activating group) is 1. The van der Waals surface area contributed by atoms with Gasteiger partial charge in [0, 0.05) is 48.5 Å². The molecule has 130 valence electrons. The molecule has 0 fully saturated rings. The predicted octanol–water partition coefficient (Wildman–Crippen LogP) is 4.44. The molecule has 2 aromatic heterocycles. The van der Waals surface area contributed by atoms with Crippen LogP contribution in [0.15, 0.2) is 36.5 Å². The maximum Gasteiger partial charge on any atom is 0.0515 e. The Balaban J connectivity index is 1.79. The summed E-state index contributed by atoms with van der Waals surface area (Å²) in [7, 11) is 2.24. The van der Waals surface area contributed by atoms with Crippen molar-refractivity contribution in [3.8, 4) is 0 Å². The fraction of sp³-hybridized carbons (Fsp3) is 0.409. The lowest BCUT2D eigenvalue weighted by Gasteiger charge is -2.31. The molecule has 3 nitrogen and oxygen atoms in total. The summed E-state index contributed by atoms with van der Waals surface area (Å²) in [4.78, 5) is 6.92. The van der Waals surface area contributed by atoms with Crippen LogP contribution < -0.4 is 0 Å². The second-order valence-corrected chi connectivity index (χ2v) is 7.45. The third kappa shape index (κ3) is 2.77. The van der Waals surface area contributed by atoms with Gasteiger partial charge in [-0.3, -0.25) is 9.88 Å². The van der Waals surface area contributed by atoms with Crippen LogP contribution in [-0.4, -0.2) is 28.0 Å². The smallest absolute Gasteiger partial charge is 0.0515 e. The lowest BCUT2D eigenvalue weighted by Crippen LogP contribution is -2.31. The Kier molecular flexibility index (Phi) is 4.12. The molecule has 0 N–H and O–H groups in total. The quantitative estimate of drug-likeness (QED) is 0.706. The minimum absolute atomic E-state index is 0.482. The van der Waals surface area contributed by atoms with Crippen molar-refractivity contribution in [1.82, 2.24) is 14.5 Å². The number of rotatable bonds is 3. The van der Waals surface area contributed by atoms with Gasteiger partial charge in [-0.1, -0.05) is 24.3 Å². The summed E-state index contributed by atoms with van der Waals surface area (Å²) in [6, 6.07) is 11.6. The van der Waals surface area contributed by atoms with E-state index >= 15 is 0 Å². The number of nitrogens with zero attached hydrogens (tertiary/aromatic N) is 3. The average molecular weight is 333 g/mol. The first kappa shape index (κ1) is 16.3. The Morgan fingerprint density at radius 3 is 2.76 bits per heavy atom. The van der Waals surface area contributed by atoms with Gasteiger partial charge in [0.05, 0.1) is 5.52 Å². The van der Waals surface area contributed by atoms with Crippen LogP contribution in [-0.2, 0) is 19.4 Å². The Labute approximate surface area is 150 Å². The molecule has 1 atom stereocenters. The molecular formula is C22H27N3. The fourth-order valence-corrected chi connectivity index (χ4v) is 4.24. The molecule has 25 heavy (non-hydrogen) atoms. The summed E-state index contributed by atoms with van der Waals surface area (Å²) in [5.41, 5.74) is 8.28. The topological polar surface area (TPSA) is 21.1 Å². The number of aryl methyl sites for hydroxylation is 4. The van der Waals surface area contributed by atoms with Crippen LogP contribution in [0, 0.1) is 13.8 Å². The van der Waals surface area contributed by atoms with Gasteiger partial charge in [0.2, 0.25) is 0 Å². The van der Waals surface area contributed by atoms with Gasteiger partial charge in [0.15, 0.2) is 0 Å². The van der Waals surface area contributed by atoms with Crippen LogP contribution in [0.4, 0.5) is 0 Å². The Morgan fingerprint density at radius 1 is 1.16 bits per heavy atom. The molecule has 1 aliphatic rings. The summed E-state index contributed by atoms with van der Waals surface area (Å²) in [6.45, 7) is 8.79. The zero-order valence-electron chi connectivity index (χ0n) is 15.7. The Morgan fingerprint density at radius 2 is 2.00 bits per heavy atom. The van der Waals surface area contributed by atoms with Crippen molar-refractivity contribution in [3.05, 3.63) is 64.6 Å². The first-order valence-corrected chi connectivity index (χ1v) is 9.28. The molecule has 0 bridgehead atoms. The third-order valence-electron chi connectivity index (χ3n) is 5.81. The number of hydrogen-bond acceptors (Lipinski definition) is 2. The van der Waals surface area contributed by atoms with Crippen molar-refractivity contribution in [2.24, 2.45) is 0 Å². The van der Waals surface area contributed by atoms with E-state index in [0.717, 1.165) is 31.6 Å². The molecule has 0 spiro atoms. The van der Waals surface area contributed by atoms with E-state index in [1.807, 2.05) is 13.1 Å². The van der Waals surface area contributed by atoms with Gasteiger partial charge in [-0.05, 0) is 57.0 Å². The zero-order valence-corrected chi connectivity index (χ0v) is 15.7. The van der Waals surface area contributed by atoms with Gasteiger partial charge in [-0.15, -0.1) is 0 Å². The van der Waals surface area contributed by atoms with Gasteiger partial charge in [0.25, 0.3) is 0 Å². The Bertz CT molecular complexity index is 905. The average Bonchev–Trinajstić information content (AvgIpc) is 2.93. The fourth-order valence-electron chi connectivity index (χ4n) is 4.24. The van der Waals surface area contributed by atoms with E-state index < -0.39 is 0 Å². The largest absolute Gasteiger partial charge is 0.344 e. The second kappa shape index (κ2) is 6.30. The maximum atomic E-state index is 4.45. The number of aromatic nitrogens is 2. The monoisotopic (exact) mass is 333 g/mol. The highest BCUT2D eigenvalue weighted by molar-refractivity contribution is 5.89. The van der Waals surface area contributed by atoms with E-state index in [0.29, 0.717) is 6.04 Å². The van der Waals surface area contributed by atoms with E-state index in [1.54, 1.807) is 0 Å². The van der Waals surface area contributed by atoms with E-state index in [9.17, 15) is 0 Å². The number of fused-ring (bicyclic) bond motifs is 3.